The molecule has 0 saturated carbocycles. The molecule has 1 aliphatic heterocycles. The van der Waals surface area contributed by atoms with Gasteiger partial charge >= 0.3 is 0 Å². The summed E-state index contributed by atoms with van der Waals surface area (Å²) >= 11 is 0. The Labute approximate surface area is 126 Å². The molecule has 0 aliphatic carbocycles. The highest BCUT2D eigenvalue weighted by Crippen LogP contribution is 2.24. The molecule has 1 unspecified atom stereocenters. The van der Waals surface area contributed by atoms with E-state index >= 15 is 0 Å². The lowest BCUT2D eigenvalue weighted by molar-refractivity contribution is -0.121. The van der Waals surface area contributed by atoms with Crippen LogP contribution < -0.4 is 16.0 Å². The Morgan fingerprint density at radius 1 is 1.48 bits per heavy atom. The van der Waals surface area contributed by atoms with Crippen molar-refractivity contribution in [1.29, 1.82) is 0 Å². The lowest BCUT2D eigenvalue weighted by atomic mass is 10.1. The van der Waals surface area contributed by atoms with Crippen molar-refractivity contribution in [2.45, 2.75) is 26.4 Å². The lowest BCUT2D eigenvalue weighted by Gasteiger charge is -2.36. The molecule has 2 rings (SSSR count). The van der Waals surface area contributed by atoms with Crippen LogP contribution in [0.4, 0.5) is 5.69 Å². The Morgan fingerprint density at radius 3 is 2.95 bits per heavy atom. The molecule has 1 saturated heterocycles. The van der Waals surface area contributed by atoms with Gasteiger partial charge in [0.05, 0.1) is 13.2 Å². The van der Waals surface area contributed by atoms with Crippen molar-refractivity contribution >= 4 is 11.6 Å². The third-order valence-corrected chi connectivity index (χ3v) is 3.63. The molecule has 1 amide bonds. The second-order valence-electron chi connectivity index (χ2n) is 5.84. The zero-order chi connectivity index (χ0) is 15.2. The van der Waals surface area contributed by atoms with E-state index in [2.05, 4.69) is 30.1 Å². The topological polar surface area (TPSA) is 67.6 Å². The minimum atomic E-state index is -0.384. The fourth-order valence-electron chi connectivity index (χ4n) is 2.56. The summed E-state index contributed by atoms with van der Waals surface area (Å²) in [6.45, 7) is 7.80. The quantitative estimate of drug-likeness (QED) is 0.824. The van der Waals surface area contributed by atoms with Crippen molar-refractivity contribution in [3.8, 4) is 0 Å². The number of nitrogens with one attached hydrogen (secondary N) is 1. The summed E-state index contributed by atoms with van der Waals surface area (Å²) in [5, 5.41) is 3.45. The Balaban J connectivity index is 2.15. The minimum Gasteiger partial charge on any atom is -0.377 e. The van der Waals surface area contributed by atoms with Crippen molar-refractivity contribution in [2.24, 2.45) is 11.7 Å². The van der Waals surface area contributed by atoms with Crippen molar-refractivity contribution in [2.75, 3.05) is 31.2 Å². The van der Waals surface area contributed by atoms with E-state index in [9.17, 15) is 4.79 Å². The van der Waals surface area contributed by atoms with Gasteiger partial charge in [-0.05, 0) is 24.1 Å². The number of primary amides is 1. The van der Waals surface area contributed by atoms with Crippen LogP contribution in [0.1, 0.15) is 19.4 Å². The summed E-state index contributed by atoms with van der Waals surface area (Å²) in [5.74, 6) is 0.276. The first-order valence-electron chi connectivity index (χ1n) is 7.52. The predicted molar refractivity (Wildman–Crippen MR) is 84.1 cm³/mol. The Hall–Kier alpha value is -1.59. The third kappa shape index (κ3) is 4.19. The molecule has 1 aromatic rings. The van der Waals surface area contributed by atoms with Gasteiger partial charge in [-0.1, -0.05) is 32.0 Å². The Kier molecular flexibility index (Phi) is 5.59. The summed E-state index contributed by atoms with van der Waals surface area (Å²) in [7, 11) is 0. The molecule has 1 atom stereocenters. The summed E-state index contributed by atoms with van der Waals surface area (Å²) < 4.78 is 5.39. The molecule has 0 spiro atoms. The maximum atomic E-state index is 11.6. The van der Waals surface area contributed by atoms with Crippen LogP contribution in [-0.2, 0) is 16.1 Å². The number of nitrogens with zero attached hydrogens (tertiary/aromatic N) is 1. The number of nitrogens with two attached hydrogens (primary N) is 1. The highest BCUT2D eigenvalue weighted by atomic mass is 16.5. The van der Waals surface area contributed by atoms with Gasteiger partial charge in [0.2, 0.25) is 5.91 Å². The first-order valence-corrected chi connectivity index (χ1v) is 7.52. The highest BCUT2D eigenvalue weighted by Gasteiger charge is 2.28. The average Bonchev–Trinajstić information content (AvgIpc) is 2.47. The molecular weight excluding hydrogens is 266 g/mol. The number of morpholine rings is 1. The lowest BCUT2D eigenvalue weighted by Crippen LogP contribution is -2.53. The molecule has 1 aromatic carbocycles. The van der Waals surface area contributed by atoms with Crippen LogP contribution in [0.5, 0.6) is 0 Å². The maximum absolute atomic E-state index is 11.6. The first-order chi connectivity index (χ1) is 10.1. The van der Waals surface area contributed by atoms with E-state index in [-0.39, 0.29) is 11.9 Å². The minimum absolute atomic E-state index is 0.334. The molecule has 1 fully saturated rings. The van der Waals surface area contributed by atoms with Gasteiger partial charge in [-0.15, -0.1) is 0 Å². The van der Waals surface area contributed by atoms with Gasteiger partial charge in [-0.25, -0.2) is 0 Å². The highest BCUT2D eigenvalue weighted by molar-refractivity contribution is 5.84. The van der Waals surface area contributed by atoms with Gasteiger partial charge in [0, 0.05) is 18.8 Å². The SMILES string of the molecule is CC(C)CNCc1ccccc1N1CCOCC1C(N)=O. The number of ether oxygens (including phenoxy) is 1. The van der Waals surface area contributed by atoms with Gasteiger partial charge < -0.3 is 20.7 Å². The molecule has 116 valence electrons. The molecule has 21 heavy (non-hydrogen) atoms. The number of benzene rings is 1. The van der Waals surface area contributed by atoms with Gasteiger partial charge in [0.15, 0.2) is 0 Å². The molecule has 1 aliphatic rings. The predicted octanol–water partition coefficient (Wildman–Crippen LogP) is 1.12. The maximum Gasteiger partial charge on any atom is 0.242 e. The van der Waals surface area contributed by atoms with Crippen LogP contribution in [0.25, 0.3) is 0 Å². The molecule has 1 heterocycles. The van der Waals surface area contributed by atoms with Crippen molar-refractivity contribution < 1.29 is 9.53 Å². The first kappa shape index (κ1) is 15.8. The molecule has 3 N–H and O–H groups in total. The van der Waals surface area contributed by atoms with E-state index in [1.54, 1.807) is 0 Å². The Bertz CT molecular complexity index is 476. The number of hydrogen-bond acceptors (Lipinski definition) is 4. The number of hydrogen-bond donors (Lipinski definition) is 2. The van der Waals surface area contributed by atoms with Crippen LogP contribution in [0.3, 0.4) is 0 Å². The van der Waals surface area contributed by atoms with Gasteiger partial charge in [-0.3, -0.25) is 4.79 Å². The largest absolute Gasteiger partial charge is 0.377 e. The van der Waals surface area contributed by atoms with Crippen LogP contribution in [0.2, 0.25) is 0 Å². The van der Waals surface area contributed by atoms with Crippen LogP contribution >= 0.6 is 0 Å². The fourth-order valence-corrected chi connectivity index (χ4v) is 2.56. The van der Waals surface area contributed by atoms with E-state index < -0.39 is 0 Å². The Morgan fingerprint density at radius 2 is 2.24 bits per heavy atom. The summed E-state index contributed by atoms with van der Waals surface area (Å²) in [6, 6.07) is 7.78. The van der Waals surface area contributed by atoms with Gasteiger partial charge in [0.25, 0.3) is 0 Å². The number of carbonyl (C=O) groups is 1. The van der Waals surface area contributed by atoms with Gasteiger partial charge in [-0.2, -0.15) is 0 Å². The molecule has 5 nitrogen and oxygen atoms in total. The zero-order valence-electron chi connectivity index (χ0n) is 12.8. The normalized spacial score (nSPS) is 19.0. The number of anilines is 1. The fraction of sp³-hybridized carbons (Fsp3) is 0.562. The molecular formula is C16H25N3O2. The van der Waals surface area contributed by atoms with Crippen molar-refractivity contribution in [3.63, 3.8) is 0 Å². The third-order valence-electron chi connectivity index (χ3n) is 3.63. The molecule has 5 heteroatoms. The zero-order valence-corrected chi connectivity index (χ0v) is 12.8. The van der Waals surface area contributed by atoms with E-state index in [1.807, 2.05) is 18.2 Å². The molecule has 0 bridgehead atoms. The number of carbonyl (C=O) groups excluding carboxylic acids is 1. The molecule has 0 aromatic heterocycles. The standard InChI is InChI=1S/C16H25N3O2/c1-12(2)9-18-10-13-5-3-4-6-14(13)19-7-8-21-11-15(19)16(17)20/h3-6,12,15,18H,7-11H2,1-2H3,(H2,17,20). The van der Waals surface area contributed by atoms with E-state index in [1.165, 1.54) is 5.56 Å². The van der Waals surface area contributed by atoms with Crippen molar-refractivity contribution in [1.82, 2.24) is 5.32 Å². The average molecular weight is 291 g/mol. The smallest absolute Gasteiger partial charge is 0.242 e. The van der Waals surface area contributed by atoms with E-state index in [0.29, 0.717) is 25.7 Å². The molecule has 0 radical (unpaired) electrons. The van der Waals surface area contributed by atoms with Crippen LogP contribution in [0, 0.1) is 5.92 Å². The van der Waals surface area contributed by atoms with E-state index in [4.69, 9.17) is 10.5 Å². The van der Waals surface area contributed by atoms with Gasteiger partial charge in [0.1, 0.15) is 6.04 Å². The summed E-state index contributed by atoms with van der Waals surface area (Å²) in [5.41, 5.74) is 7.77. The summed E-state index contributed by atoms with van der Waals surface area (Å²) in [4.78, 5) is 13.7. The number of rotatable bonds is 6. The van der Waals surface area contributed by atoms with Crippen LogP contribution in [-0.4, -0.2) is 38.3 Å². The second-order valence-corrected chi connectivity index (χ2v) is 5.84. The second kappa shape index (κ2) is 7.43. The van der Waals surface area contributed by atoms with Crippen molar-refractivity contribution in [3.05, 3.63) is 29.8 Å². The monoisotopic (exact) mass is 291 g/mol. The number of amides is 1. The number of para-hydroxylation sites is 1. The van der Waals surface area contributed by atoms with E-state index in [0.717, 1.165) is 18.8 Å². The van der Waals surface area contributed by atoms with Crippen LogP contribution in [0.15, 0.2) is 24.3 Å². The summed E-state index contributed by atoms with van der Waals surface area (Å²) in [6.07, 6.45) is 0.